The summed E-state index contributed by atoms with van der Waals surface area (Å²) in [5.74, 6) is 6.25. The Labute approximate surface area is 202 Å². The van der Waals surface area contributed by atoms with Gasteiger partial charge in [0.05, 0.1) is 0 Å². The fraction of sp³-hybridized carbons (Fsp3) is 0.931. The third kappa shape index (κ3) is 8.73. The summed E-state index contributed by atoms with van der Waals surface area (Å²) < 4.78 is 4.25. The zero-order valence-electron chi connectivity index (χ0n) is 22.2. The van der Waals surface area contributed by atoms with Crippen LogP contribution >= 0.6 is 12.6 Å². The summed E-state index contributed by atoms with van der Waals surface area (Å²) in [5.41, 5.74) is 1.89. The van der Waals surface area contributed by atoms with Crippen molar-refractivity contribution in [3.8, 4) is 0 Å². The predicted octanol–water partition coefficient (Wildman–Crippen LogP) is 9.23. The fourth-order valence-electron chi connectivity index (χ4n) is 6.68. The van der Waals surface area contributed by atoms with Gasteiger partial charge in [-0.3, -0.25) is 0 Å². The standard InChI is InChI=1S/C20H36S.C7H14.C2H6O/c1-14-7-6-8-18-9-10-19(16(3)13-21)20(18,5)12-11-15(2)17(14)4;1-2-7-5-3-4-6-7;1-3-2/h14-15,17-19,21H,3,6-13H2,1-2,4-5H3;7H,2-6H2,1H3;1-2H3. The van der Waals surface area contributed by atoms with Crippen molar-refractivity contribution >= 4 is 12.6 Å². The largest absolute Gasteiger partial charge is 0.388 e. The highest BCUT2D eigenvalue weighted by Gasteiger charge is 2.46. The number of thiol groups is 1. The van der Waals surface area contributed by atoms with Gasteiger partial charge in [0.1, 0.15) is 0 Å². The summed E-state index contributed by atoms with van der Waals surface area (Å²) in [6, 6.07) is 0. The molecule has 6 unspecified atom stereocenters. The summed E-state index contributed by atoms with van der Waals surface area (Å²) >= 11 is 4.52. The van der Waals surface area contributed by atoms with Crippen LogP contribution in [0.3, 0.4) is 0 Å². The monoisotopic (exact) mass is 452 g/mol. The lowest BCUT2D eigenvalue weighted by Gasteiger charge is -2.41. The molecule has 0 N–H and O–H groups in total. The molecule has 3 fully saturated rings. The molecule has 1 nitrogen and oxygen atoms in total. The maximum atomic E-state index is 4.52. The molecule has 0 aliphatic heterocycles. The van der Waals surface area contributed by atoms with Crippen molar-refractivity contribution in [3.63, 3.8) is 0 Å². The van der Waals surface area contributed by atoms with Gasteiger partial charge in [-0.05, 0) is 73.0 Å². The van der Waals surface area contributed by atoms with E-state index in [9.17, 15) is 0 Å². The number of methoxy groups -OCH3 is 1. The third-order valence-electron chi connectivity index (χ3n) is 9.43. The van der Waals surface area contributed by atoms with Crippen LogP contribution in [0.25, 0.3) is 0 Å². The van der Waals surface area contributed by atoms with Crippen molar-refractivity contribution in [2.24, 2.45) is 40.9 Å². The maximum Gasteiger partial charge on any atom is 0.0351 e. The number of hydrogen-bond donors (Lipinski definition) is 1. The highest BCUT2D eigenvalue weighted by Crippen LogP contribution is 2.56. The zero-order chi connectivity index (χ0) is 23.4. The van der Waals surface area contributed by atoms with Crippen LogP contribution in [0.5, 0.6) is 0 Å². The normalized spacial score (nSPS) is 36.5. The van der Waals surface area contributed by atoms with Crippen LogP contribution in [0.1, 0.15) is 112 Å². The summed E-state index contributed by atoms with van der Waals surface area (Å²) in [7, 11) is 3.25. The predicted molar refractivity (Wildman–Crippen MR) is 143 cm³/mol. The average Bonchev–Trinajstić information content (AvgIpc) is 3.40. The first-order chi connectivity index (χ1) is 14.7. The Bertz CT molecular complexity index is 483. The van der Waals surface area contributed by atoms with E-state index in [0.29, 0.717) is 5.41 Å². The molecule has 0 saturated heterocycles. The quantitative estimate of drug-likeness (QED) is 0.331. The first kappa shape index (κ1) is 29.1. The first-order valence-electron chi connectivity index (χ1n) is 13.4. The number of hydrogen-bond acceptors (Lipinski definition) is 2. The van der Waals surface area contributed by atoms with E-state index in [4.69, 9.17) is 0 Å². The van der Waals surface area contributed by atoms with Crippen LogP contribution < -0.4 is 0 Å². The van der Waals surface area contributed by atoms with Gasteiger partial charge in [0, 0.05) is 20.0 Å². The fourth-order valence-corrected chi connectivity index (χ4v) is 6.90. The van der Waals surface area contributed by atoms with E-state index in [2.05, 4.69) is 58.6 Å². The Kier molecular flexibility index (Phi) is 14.1. The highest BCUT2D eigenvalue weighted by atomic mass is 32.1. The molecule has 3 rings (SSSR count). The van der Waals surface area contributed by atoms with Gasteiger partial charge in [-0.2, -0.15) is 12.6 Å². The van der Waals surface area contributed by atoms with Gasteiger partial charge in [-0.15, -0.1) is 0 Å². The van der Waals surface area contributed by atoms with Gasteiger partial charge >= 0.3 is 0 Å². The minimum absolute atomic E-state index is 0.494. The number of fused-ring (bicyclic) bond motifs is 1. The molecule has 31 heavy (non-hydrogen) atoms. The van der Waals surface area contributed by atoms with Crippen LogP contribution in [0.2, 0.25) is 0 Å². The lowest BCUT2D eigenvalue weighted by Crippen LogP contribution is -2.32. The average molecular weight is 453 g/mol. The van der Waals surface area contributed by atoms with Crippen LogP contribution in [0.15, 0.2) is 12.2 Å². The topological polar surface area (TPSA) is 9.23 Å². The molecule has 0 bridgehead atoms. The van der Waals surface area contributed by atoms with E-state index in [1.165, 1.54) is 82.6 Å². The number of rotatable bonds is 3. The smallest absolute Gasteiger partial charge is 0.0351 e. The molecule has 184 valence electrons. The van der Waals surface area contributed by atoms with Crippen molar-refractivity contribution in [3.05, 3.63) is 12.2 Å². The second kappa shape index (κ2) is 15.0. The lowest BCUT2D eigenvalue weighted by atomic mass is 9.64. The Morgan fingerprint density at radius 3 is 2.00 bits per heavy atom. The van der Waals surface area contributed by atoms with Gasteiger partial charge in [0.2, 0.25) is 0 Å². The molecule has 3 saturated carbocycles. The molecular formula is C29H56OS. The van der Waals surface area contributed by atoms with Crippen molar-refractivity contribution < 1.29 is 4.74 Å². The molecule has 3 aliphatic rings. The number of ether oxygens (including phenoxy) is 1. The second-order valence-electron chi connectivity index (χ2n) is 11.4. The van der Waals surface area contributed by atoms with Crippen LogP contribution in [0.4, 0.5) is 0 Å². The Morgan fingerprint density at radius 2 is 1.48 bits per heavy atom. The van der Waals surface area contributed by atoms with Gasteiger partial charge in [-0.1, -0.05) is 91.7 Å². The zero-order valence-corrected chi connectivity index (χ0v) is 23.1. The van der Waals surface area contributed by atoms with E-state index < -0.39 is 0 Å². The molecule has 0 aromatic rings. The summed E-state index contributed by atoms with van der Waals surface area (Å²) in [6.45, 7) is 16.7. The van der Waals surface area contributed by atoms with Crippen molar-refractivity contribution in [2.75, 3.05) is 20.0 Å². The Balaban J connectivity index is 0.000000397. The SMILES string of the molecule is C=C(CS)C1CCC2CCCC(C)C(C)C(C)CCC21C.CCC1CCCC1.COC. The van der Waals surface area contributed by atoms with Gasteiger partial charge in [-0.25, -0.2) is 0 Å². The minimum atomic E-state index is 0.494. The van der Waals surface area contributed by atoms with Crippen molar-refractivity contribution in [2.45, 2.75) is 112 Å². The molecule has 0 heterocycles. The molecule has 3 aliphatic carbocycles. The Hall–Kier alpha value is 0.0500. The summed E-state index contributed by atoms with van der Waals surface area (Å²) in [5, 5.41) is 0. The molecule has 0 aromatic heterocycles. The van der Waals surface area contributed by atoms with E-state index in [0.717, 1.165) is 41.3 Å². The van der Waals surface area contributed by atoms with Crippen molar-refractivity contribution in [1.82, 2.24) is 0 Å². The van der Waals surface area contributed by atoms with E-state index in [1.54, 1.807) is 14.2 Å². The summed E-state index contributed by atoms with van der Waals surface area (Å²) in [6.07, 6.45) is 17.3. The molecule has 0 amide bonds. The summed E-state index contributed by atoms with van der Waals surface area (Å²) in [4.78, 5) is 0. The minimum Gasteiger partial charge on any atom is -0.388 e. The Morgan fingerprint density at radius 1 is 0.903 bits per heavy atom. The van der Waals surface area contributed by atoms with E-state index >= 15 is 0 Å². The highest BCUT2D eigenvalue weighted by molar-refractivity contribution is 7.80. The van der Waals surface area contributed by atoms with Crippen LogP contribution in [-0.2, 0) is 4.74 Å². The van der Waals surface area contributed by atoms with Gasteiger partial charge in [0.15, 0.2) is 0 Å². The third-order valence-corrected chi connectivity index (χ3v) is 9.83. The molecule has 2 heteroatoms. The van der Waals surface area contributed by atoms with Gasteiger partial charge in [0.25, 0.3) is 0 Å². The van der Waals surface area contributed by atoms with E-state index in [1.807, 2.05) is 0 Å². The lowest BCUT2D eigenvalue weighted by molar-refractivity contribution is 0.112. The van der Waals surface area contributed by atoms with Crippen LogP contribution in [-0.4, -0.2) is 20.0 Å². The second-order valence-corrected chi connectivity index (χ2v) is 11.7. The van der Waals surface area contributed by atoms with E-state index in [-0.39, 0.29) is 0 Å². The first-order valence-corrected chi connectivity index (χ1v) is 14.1. The molecule has 6 atom stereocenters. The molecule has 0 aromatic carbocycles. The maximum absolute atomic E-state index is 4.52. The molecular weight excluding hydrogens is 396 g/mol. The molecule has 0 radical (unpaired) electrons. The molecule has 0 spiro atoms. The van der Waals surface area contributed by atoms with Crippen LogP contribution in [0, 0.1) is 40.9 Å². The van der Waals surface area contributed by atoms with Crippen molar-refractivity contribution in [1.29, 1.82) is 0 Å². The van der Waals surface area contributed by atoms with Gasteiger partial charge < -0.3 is 4.74 Å².